The highest BCUT2D eigenvalue weighted by Crippen LogP contribution is 2.72. The first-order valence-corrected chi connectivity index (χ1v) is 13.7. The van der Waals surface area contributed by atoms with Crippen molar-refractivity contribution in [2.24, 2.45) is 10.8 Å². The summed E-state index contributed by atoms with van der Waals surface area (Å²) in [4.78, 5) is 26.0. The molecule has 0 aromatic rings. The molecule has 2 bridgehead atoms. The third-order valence-electron chi connectivity index (χ3n) is 9.55. The lowest BCUT2D eigenvalue weighted by molar-refractivity contribution is -0.239. The molecule has 0 amide bonds. The van der Waals surface area contributed by atoms with Gasteiger partial charge in [-0.25, -0.2) is 4.79 Å². The van der Waals surface area contributed by atoms with Crippen molar-refractivity contribution in [3.63, 3.8) is 0 Å². The van der Waals surface area contributed by atoms with Crippen LogP contribution in [-0.2, 0) is 33.3 Å². The summed E-state index contributed by atoms with van der Waals surface area (Å²) in [6.45, 7) is 8.17. The maximum absolute atomic E-state index is 13.0. The van der Waals surface area contributed by atoms with Gasteiger partial charge in [-0.2, -0.15) is 0 Å². The number of esters is 2. The van der Waals surface area contributed by atoms with E-state index < -0.39 is 52.9 Å². The van der Waals surface area contributed by atoms with Gasteiger partial charge < -0.3 is 33.9 Å². The molecule has 2 spiro atoms. The Hall–Kier alpha value is -2.04. The third-order valence-corrected chi connectivity index (χ3v) is 9.55. The minimum absolute atomic E-state index is 0.00710. The van der Waals surface area contributed by atoms with Crippen LogP contribution in [0.25, 0.3) is 0 Å². The van der Waals surface area contributed by atoms with Crippen molar-refractivity contribution in [3.05, 3.63) is 35.5 Å². The maximum atomic E-state index is 13.0. The molecule has 210 valence electrons. The van der Waals surface area contributed by atoms with Crippen LogP contribution in [0, 0.1) is 10.8 Å². The van der Waals surface area contributed by atoms with Gasteiger partial charge in [0.25, 0.3) is 0 Å². The van der Waals surface area contributed by atoms with Crippen molar-refractivity contribution in [2.75, 3.05) is 19.8 Å². The van der Waals surface area contributed by atoms with E-state index in [1.54, 1.807) is 13.0 Å². The second-order valence-corrected chi connectivity index (χ2v) is 11.8. The first-order valence-electron chi connectivity index (χ1n) is 13.7. The number of allylic oxidation sites excluding steroid dienone is 1. The summed E-state index contributed by atoms with van der Waals surface area (Å²) in [5, 5.41) is 21.1. The lowest BCUT2D eigenvalue weighted by atomic mass is 9.51. The molecule has 2 saturated heterocycles. The number of epoxide rings is 1. The molecule has 9 nitrogen and oxygen atoms in total. The fourth-order valence-corrected chi connectivity index (χ4v) is 7.02. The van der Waals surface area contributed by atoms with Gasteiger partial charge in [0.05, 0.1) is 43.0 Å². The molecule has 5 aliphatic rings. The number of hydrogen-bond acceptors (Lipinski definition) is 9. The molecule has 2 N–H and O–H groups in total. The average molecular weight is 533 g/mol. The van der Waals surface area contributed by atoms with Gasteiger partial charge in [0.1, 0.15) is 24.4 Å². The molecule has 2 aliphatic carbocycles. The average Bonchev–Trinajstić information content (AvgIpc) is 3.63. The quantitative estimate of drug-likeness (QED) is 0.298. The van der Waals surface area contributed by atoms with E-state index in [-0.39, 0.29) is 25.1 Å². The zero-order valence-corrected chi connectivity index (χ0v) is 22.7. The van der Waals surface area contributed by atoms with E-state index in [1.807, 2.05) is 32.9 Å². The number of aliphatic hydroxyl groups is 2. The Bertz CT molecular complexity index is 1040. The predicted molar refractivity (Wildman–Crippen MR) is 136 cm³/mol. The molecule has 0 unspecified atom stereocenters. The SMILES string of the molecule is CC1=C[C@H]2O[C@@H]3C[C@@H]4OC(=O)CC/C=C/[C@H]([C@@H](C)O)OCC/C(C)=C/C(=O)OC[C@@]2(C[C@H]1O)[C@]4(C)[C@]31CO1. The lowest BCUT2D eigenvalue weighted by Crippen LogP contribution is -2.68. The normalized spacial score (nSPS) is 46.8. The Morgan fingerprint density at radius 1 is 1.13 bits per heavy atom. The number of carbonyl (C=O) groups is 2. The molecular weight excluding hydrogens is 492 g/mol. The number of aliphatic hydroxyl groups excluding tert-OH is 2. The standard InChI is InChI=1S/C29H40O9/c1-17-9-10-34-21(19(3)30)7-5-6-8-25(32)38-22-13-24-29(16-36-29)27(22,4)28(15-35-26(33)11-17)14-20(31)18(2)12-23(28)37-24/h5,7,11-12,19-24,30-31H,6,8-10,13-16H2,1-4H3/b7-5+,17-11+/t19-,20-,21-,22+,23-,24-,27-,28-,29+/m1/s1. The molecule has 0 radical (unpaired) electrons. The van der Waals surface area contributed by atoms with Crippen LogP contribution in [0.1, 0.15) is 59.8 Å². The van der Waals surface area contributed by atoms with Crippen LogP contribution >= 0.6 is 0 Å². The van der Waals surface area contributed by atoms with E-state index in [1.165, 1.54) is 6.08 Å². The highest BCUT2D eigenvalue weighted by Gasteiger charge is 2.83. The summed E-state index contributed by atoms with van der Waals surface area (Å²) >= 11 is 0. The Morgan fingerprint density at radius 3 is 2.61 bits per heavy atom. The van der Waals surface area contributed by atoms with E-state index in [2.05, 4.69) is 0 Å². The monoisotopic (exact) mass is 532 g/mol. The summed E-state index contributed by atoms with van der Waals surface area (Å²) in [6.07, 6.45) is 5.66. The molecule has 9 atom stereocenters. The van der Waals surface area contributed by atoms with Crippen LogP contribution in [0.5, 0.6) is 0 Å². The van der Waals surface area contributed by atoms with Crippen LogP contribution in [0.4, 0.5) is 0 Å². The molecule has 3 fully saturated rings. The van der Waals surface area contributed by atoms with Crippen LogP contribution in [0.15, 0.2) is 35.5 Å². The smallest absolute Gasteiger partial charge is 0.330 e. The van der Waals surface area contributed by atoms with Crippen LogP contribution in [-0.4, -0.2) is 84.2 Å². The highest BCUT2D eigenvalue weighted by atomic mass is 16.6. The molecule has 3 aliphatic heterocycles. The summed E-state index contributed by atoms with van der Waals surface area (Å²) in [6, 6.07) is 0. The lowest BCUT2D eigenvalue weighted by Gasteiger charge is -2.58. The number of hydrogen-bond donors (Lipinski definition) is 2. The molecule has 3 heterocycles. The largest absolute Gasteiger partial charge is 0.462 e. The Balaban J connectivity index is 1.50. The number of rotatable bonds is 1. The Labute approximate surface area is 223 Å². The maximum Gasteiger partial charge on any atom is 0.330 e. The van der Waals surface area contributed by atoms with Crippen LogP contribution < -0.4 is 0 Å². The summed E-state index contributed by atoms with van der Waals surface area (Å²) in [7, 11) is 0. The van der Waals surface area contributed by atoms with E-state index in [0.29, 0.717) is 38.9 Å². The van der Waals surface area contributed by atoms with Gasteiger partial charge in [0.2, 0.25) is 0 Å². The molecule has 0 aromatic heterocycles. The van der Waals surface area contributed by atoms with Crippen molar-refractivity contribution in [1.29, 1.82) is 0 Å². The van der Waals surface area contributed by atoms with Gasteiger partial charge in [-0.15, -0.1) is 0 Å². The first kappa shape index (κ1) is 27.5. The highest BCUT2D eigenvalue weighted by molar-refractivity contribution is 5.82. The summed E-state index contributed by atoms with van der Waals surface area (Å²) in [5.41, 5.74) is -0.648. The fourth-order valence-electron chi connectivity index (χ4n) is 7.02. The minimum Gasteiger partial charge on any atom is -0.462 e. The minimum atomic E-state index is -0.850. The third kappa shape index (κ3) is 4.46. The van der Waals surface area contributed by atoms with E-state index in [4.69, 9.17) is 23.7 Å². The molecule has 5 rings (SSSR count). The van der Waals surface area contributed by atoms with Gasteiger partial charge in [-0.1, -0.05) is 30.7 Å². The van der Waals surface area contributed by atoms with Crippen LogP contribution in [0.2, 0.25) is 0 Å². The van der Waals surface area contributed by atoms with Gasteiger partial charge in [-0.3, -0.25) is 4.79 Å². The summed E-state index contributed by atoms with van der Waals surface area (Å²) < 4.78 is 30.5. The second-order valence-electron chi connectivity index (χ2n) is 11.8. The zero-order chi connectivity index (χ0) is 27.3. The van der Waals surface area contributed by atoms with Gasteiger partial charge >= 0.3 is 11.9 Å². The summed E-state index contributed by atoms with van der Waals surface area (Å²) in [5.74, 6) is -0.835. The number of ether oxygens (including phenoxy) is 5. The number of carbonyl (C=O) groups excluding carboxylic acids is 2. The molecule has 0 aromatic carbocycles. The van der Waals surface area contributed by atoms with E-state index in [9.17, 15) is 19.8 Å². The predicted octanol–water partition coefficient (Wildman–Crippen LogP) is 2.54. The van der Waals surface area contributed by atoms with Gasteiger partial charge in [0, 0.05) is 24.3 Å². The van der Waals surface area contributed by atoms with Gasteiger partial charge in [-0.05, 0) is 45.6 Å². The van der Waals surface area contributed by atoms with Crippen molar-refractivity contribution in [2.45, 2.75) is 102 Å². The Kier molecular flexibility index (Phi) is 7.37. The van der Waals surface area contributed by atoms with Crippen molar-refractivity contribution >= 4 is 11.9 Å². The van der Waals surface area contributed by atoms with E-state index >= 15 is 0 Å². The second kappa shape index (κ2) is 10.2. The number of cyclic esters (lactones) is 1. The molecule has 38 heavy (non-hydrogen) atoms. The van der Waals surface area contributed by atoms with Crippen LogP contribution in [0.3, 0.4) is 0 Å². The first-order chi connectivity index (χ1) is 18.0. The van der Waals surface area contributed by atoms with Crippen molar-refractivity contribution < 1.29 is 43.5 Å². The molecule has 1 saturated carbocycles. The molecule has 9 heteroatoms. The van der Waals surface area contributed by atoms with Gasteiger partial charge in [0.15, 0.2) is 0 Å². The van der Waals surface area contributed by atoms with Crippen molar-refractivity contribution in [1.82, 2.24) is 0 Å². The van der Waals surface area contributed by atoms with Crippen molar-refractivity contribution in [3.8, 4) is 0 Å². The zero-order valence-electron chi connectivity index (χ0n) is 22.7. The molecular formula is C29H40O9. The van der Waals surface area contributed by atoms with E-state index in [0.717, 1.165) is 11.1 Å². The fraction of sp³-hybridized carbons (Fsp3) is 0.724. The topological polar surface area (TPSA) is 124 Å². The Morgan fingerprint density at radius 2 is 1.89 bits per heavy atom.